The number of hydrogen-bond donors (Lipinski definition) is 1. The molecule has 0 bridgehead atoms. The summed E-state index contributed by atoms with van der Waals surface area (Å²) in [5, 5.41) is 3.15. The fourth-order valence-corrected chi connectivity index (χ4v) is 4.45. The molecule has 1 aromatic rings. The van der Waals surface area contributed by atoms with Gasteiger partial charge in [-0.2, -0.15) is 0 Å². The number of carbonyl (C=O) groups excluding carboxylic acids is 2. The smallest absolute Gasteiger partial charge is 0.317 e. The van der Waals surface area contributed by atoms with E-state index in [1.54, 1.807) is 11.8 Å². The summed E-state index contributed by atoms with van der Waals surface area (Å²) >= 11 is 11.9. The summed E-state index contributed by atoms with van der Waals surface area (Å²) in [7, 11) is 0. The molecule has 0 spiro atoms. The van der Waals surface area contributed by atoms with Gasteiger partial charge in [0.2, 0.25) is 5.91 Å². The number of piperidine rings is 1. The molecule has 154 valence electrons. The lowest BCUT2D eigenvalue weighted by atomic mass is 9.93. The molecule has 2 aliphatic heterocycles. The quantitative estimate of drug-likeness (QED) is 0.709. The van der Waals surface area contributed by atoms with Gasteiger partial charge in [0, 0.05) is 37.6 Å². The lowest BCUT2D eigenvalue weighted by Crippen LogP contribution is -2.45. The van der Waals surface area contributed by atoms with Crippen LogP contribution < -0.4 is 5.32 Å². The van der Waals surface area contributed by atoms with Crippen LogP contribution in [0.3, 0.4) is 0 Å². The van der Waals surface area contributed by atoms with E-state index in [9.17, 15) is 14.0 Å². The predicted molar refractivity (Wildman–Crippen MR) is 108 cm³/mol. The average molecular weight is 430 g/mol. The van der Waals surface area contributed by atoms with Crippen molar-refractivity contribution in [2.75, 3.05) is 26.2 Å². The van der Waals surface area contributed by atoms with Gasteiger partial charge < -0.3 is 15.1 Å². The molecule has 28 heavy (non-hydrogen) atoms. The number of rotatable bonds is 4. The third-order valence-corrected chi connectivity index (χ3v) is 6.29. The van der Waals surface area contributed by atoms with Gasteiger partial charge in [-0.05, 0) is 56.2 Å². The SMILES string of the molecule is CC(NC(=O)N1CCC(CC(=O)N2CCCC2)CC1)c1cc(F)c(Cl)cc1Cl. The molecule has 0 aliphatic carbocycles. The molecule has 2 aliphatic rings. The molecule has 2 heterocycles. The van der Waals surface area contributed by atoms with Gasteiger partial charge in [0.15, 0.2) is 0 Å². The number of hydrogen-bond acceptors (Lipinski definition) is 2. The summed E-state index contributed by atoms with van der Waals surface area (Å²) in [6.07, 6.45) is 4.41. The Morgan fingerprint density at radius 3 is 2.39 bits per heavy atom. The van der Waals surface area contributed by atoms with E-state index >= 15 is 0 Å². The highest BCUT2D eigenvalue weighted by molar-refractivity contribution is 6.35. The average Bonchev–Trinajstić information content (AvgIpc) is 3.20. The van der Waals surface area contributed by atoms with Crippen molar-refractivity contribution in [3.05, 3.63) is 33.6 Å². The first-order valence-corrected chi connectivity index (χ1v) is 10.6. The normalized spacial score (nSPS) is 19.0. The van der Waals surface area contributed by atoms with Gasteiger partial charge in [-0.15, -0.1) is 0 Å². The highest BCUT2D eigenvalue weighted by Gasteiger charge is 2.28. The molecule has 2 saturated heterocycles. The number of nitrogens with one attached hydrogen (secondary N) is 1. The summed E-state index contributed by atoms with van der Waals surface area (Å²) in [5.41, 5.74) is 0.489. The minimum absolute atomic E-state index is 0.0437. The molecule has 1 unspecified atom stereocenters. The van der Waals surface area contributed by atoms with Crippen molar-refractivity contribution in [3.63, 3.8) is 0 Å². The van der Waals surface area contributed by atoms with Gasteiger partial charge in [-0.1, -0.05) is 23.2 Å². The van der Waals surface area contributed by atoms with Crippen molar-refractivity contribution >= 4 is 35.1 Å². The molecule has 5 nitrogen and oxygen atoms in total. The third kappa shape index (κ3) is 5.09. The number of benzene rings is 1. The van der Waals surface area contributed by atoms with Crippen LogP contribution in [0.1, 0.15) is 50.6 Å². The van der Waals surface area contributed by atoms with Crippen LogP contribution in [0.5, 0.6) is 0 Å². The first-order chi connectivity index (χ1) is 13.3. The fourth-order valence-electron chi connectivity index (χ4n) is 3.91. The van der Waals surface area contributed by atoms with E-state index in [-0.39, 0.29) is 17.0 Å². The Bertz CT molecular complexity index is 732. The van der Waals surface area contributed by atoms with Crippen LogP contribution in [-0.4, -0.2) is 47.9 Å². The Kier molecular flexibility index (Phi) is 7.05. The van der Waals surface area contributed by atoms with Crippen molar-refractivity contribution in [2.24, 2.45) is 5.92 Å². The summed E-state index contributed by atoms with van der Waals surface area (Å²) in [4.78, 5) is 28.6. The molecule has 3 amide bonds. The van der Waals surface area contributed by atoms with E-state index in [4.69, 9.17) is 23.2 Å². The van der Waals surface area contributed by atoms with Crippen molar-refractivity contribution < 1.29 is 14.0 Å². The number of halogens is 3. The number of nitrogens with zero attached hydrogens (tertiary/aromatic N) is 2. The number of amides is 3. The van der Waals surface area contributed by atoms with Gasteiger partial charge in [0.25, 0.3) is 0 Å². The summed E-state index contributed by atoms with van der Waals surface area (Å²) in [6.45, 7) is 4.74. The van der Waals surface area contributed by atoms with E-state index in [1.807, 2.05) is 4.90 Å². The standard InChI is InChI=1S/C20H26Cl2FN3O2/c1-13(15-11-18(23)17(22)12-16(15)21)24-20(28)26-8-4-14(5-9-26)10-19(27)25-6-2-3-7-25/h11-14H,2-10H2,1H3,(H,24,28). The first kappa shape index (κ1) is 21.2. The third-order valence-electron chi connectivity index (χ3n) is 5.67. The zero-order valence-electron chi connectivity index (χ0n) is 16.0. The molecule has 2 fully saturated rings. The van der Waals surface area contributed by atoms with E-state index in [1.165, 1.54) is 12.1 Å². The number of likely N-dealkylation sites (tertiary alicyclic amines) is 2. The molecule has 1 aromatic carbocycles. The van der Waals surface area contributed by atoms with Crippen LogP contribution in [-0.2, 0) is 4.79 Å². The maximum absolute atomic E-state index is 13.7. The predicted octanol–water partition coefficient (Wildman–Crippen LogP) is 4.63. The molecule has 3 rings (SSSR count). The lowest BCUT2D eigenvalue weighted by Gasteiger charge is -2.33. The van der Waals surface area contributed by atoms with Gasteiger partial charge in [0.1, 0.15) is 5.82 Å². The second-order valence-electron chi connectivity index (χ2n) is 7.68. The second-order valence-corrected chi connectivity index (χ2v) is 8.50. The van der Waals surface area contributed by atoms with Gasteiger partial charge in [-0.25, -0.2) is 9.18 Å². The Morgan fingerprint density at radius 1 is 1.11 bits per heavy atom. The first-order valence-electron chi connectivity index (χ1n) is 9.83. The minimum Gasteiger partial charge on any atom is -0.343 e. The largest absolute Gasteiger partial charge is 0.343 e. The Labute approximate surface area is 175 Å². The fraction of sp³-hybridized carbons (Fsp3) is 0.600. The maximum atomic E-state index is 13.7. The molecule has 0 radical (unpaired) electrons. The molecule has 8 heteroatoms. The van der Waals surface area contributed by atoms with Crippen LogP contribution in [0.15, 0.2) is 12.1 Å². The summed E-state index contributed by atoms with van der Waals surface area (Å²) < 4.78 is 13.7. The molecule has 0 aromatic heterocycles. The van der Waals surface area contributed by atoms with Gasteiger partial charge in [-0.3, -0.25) is 4.79 Å². The minimum atomic E-state index is -0.564. The van der Waals surface area contributed by atoms with E-state index < -0.39 is 11.9 Å². The molecule has 0 saturated carbocycles. The lowest BCUT2D eigenvalue weighted by molar-refractivity contribution is -0.131. The van der Waals surface area contributed by atoms with E-state index in [0.29, 0.717) is 36.0 Å². The number of carbonyl (C=O) groups is 2. The zero-order valence-corrected chi connectivity index (χ0v) is 17.5. The van der Waals surface area contributed by atoms with Crippen LogP contribution in [0, 0.1) is 11.7 Å². The van der Waals surface area contributed by atoms with Crippen LogP contribution in [0.4, 0.5) is 9.18 Å². The Hall–Kier alpha value is -1.53. The Morgan fingerprint density at radius 2 is 1.75 bits per heavy atom. The molecular weight excluding hydrogens is 404 g/mol. The van der Waals surface area contributed by atoms with Crippen molar-refractivity contribution in [3.8, 4) is 0 Å². The summed E-state index contributed by atoms with van der Waals surface area (Å²) in [6, 6.07) is 1.95. The van der Waals surface area contributed by atoms with Crippen molar-refractivity contribution in [1.29, 1.82) is 0 Å². The van der Waals surface area contributed by atoms with Crippen molar-refractivity contribution in [2.45, 2.75) is 45.1 Å². The highest BCUT2D eigenvalue weighted by atomic mass is 35.5. The highest BCUT2D eigenvalue weighted by Crippen LogP contribution is 2.29. The number of urea groups is 1. The second kappa shape index (κ2) is 9.31. The van der Waals surface area contributed by atoms with E-state index in [2.05, 4.69) is 5.32 Å². The van der Waals surface area contributed by atoms with E-state index in [0.717, 1.165) is 38.8 Å². The van der Waals surface area contributed by atoms with Gasteiger partial charge in [0.05, 0.1) is 11.1 Å². The van der Waals surface area contributed by atoms with Gasteiger partial charge >= 0.3 is 6.03 Å². The van der Waals surface area contributed by atoms with Crippen molar-refractivity contribution in [1.82, 2.24) is 15.1 Å². The summed E-state index contributed by atoms with van der Waals surface area (Å²) in [5.74, 6) is 0.00783. The Balaban J connectivity index is 1.48. The maximum Gasteiger partial charge on any atom is 0.317 e. The van der Waals surface area contributed by atoms with Crippen LogP contribution in [0.25, 0.3) is 0 Å². The zero-order chi connectivity index (χ0) is 20.3. The molecule has 1 N–H and O–H groups in total. The monoisotopic (exact) mass is 429 g/mol. The van der Waals surface area contributed by atoms with Crippen LogP contribution in [0.2, 0.25) is 10.0 Å². The topological polar surface area (TPSA) is 52.7 Å². The molecule has 1 atom stereocenters. The van der Waals surface area contributed by atoms with Crippen LogP contribution >= 0.6 is 23.2 Å². The molecular formula is C20H26Cl2FN3O2.